The number of phenols is 1. The fourth-order valence-corrected chi connectivity index (χ4v) is 2.60. The van der Waals surface area contributed by atoms with Crippen molar-refractivity contribution in [2.45, 2.75) is 33.7 Å². The number of aromatic nitrogens is 2. The van der Waals surface area contributed by atoms with Gasteiger partial charge in [0, 0.05) is 29.3 Å². The van der Waals surface area contributed by atoms with Crippen LogP contribution in [0.25, 0.3) is 22.0 Å². The van der Waals surface area contributed by atoms with Crippen molar-refractivity contribution in [2.24, 2.45) is 5.92 Å². The van der Waals surface area contributed by atoms with E-state index in [0.29, 0.717) is 11.9 Å². The van der Waals surface area contributed by atoms with Crippen molar-refractivity contribution >= 4 is 16.9 Å². The molecule has 0 spiro atoms. The number of nitrogens with zero attached hydrogens (tertiary/aromatic N) is 2. The van der Waals surface area contributed by atoms with E-state index in [4.69, 9.17) is 0 Å². The normalized spacial score (nSPS) is 12.5. The zero-order chi connectivity index (χ0) is 17.3. The van der Waals surface area contributed by atoms with Gasteiger partial charge in [-0.3, -0.25) is 0 Å². The van der Waals surface area contributed by atoms with Crippen LogP contribution in [-0.4, -0.2) is 21.1 Å². The maximum absolute atomic E-state index is 10.5. The Morgan fingerprint density at radius 1 is 1.04 bits per heavy atom. The van der Waals surface area contributed by atoms with Crippen molar-refractivity contribution in [1.82, 2.24) is 9.97 Å². The SMILES string of the molecule is Cc1ccccc1-c1cc2cnc(N[C@@H](C)C(C)C)nc2cc1O. The molecular formula is C20H23N3O. The van der Waals surface area contributed by atoms with Gasteiger partial charge in [0.25, 0.3) is 0 Å². The van der Waals surface area contributed by atoms with Crippen molar-refractivity contribution in [2.75, 3.05) is 5.32 Å². The summed E-state index contributed by atoms with van der Waals surface area (Å²) in [5.41, 5.74) is 3.68. The number of nitrogens with one attached hydrogen (secondary N) is 1. The molecule has 0 bridgehead atoms. The Labute approximate surface area is 142 Å². The molecule has 124 valence electrons. The summed E-state index contributed by atoms with van der Waals surface area (Å²) in [5.74, 6) is 1.31. The lowest BCUT2D eigenvalue weighted by Crippen LogP contribution is -2.22. The summed E-state index contributed by atoms with van der Waals surface area (Å²) in [4.78, 5) is 8.95. The van der Waals surface area contributed by atoms with Crippen LogP contribution in [-0.2, 0) is 0 Å². The van der Waals surface area contributed by atoms with E-state index in [1.165, 1.54) is 0 Å². The van der Waals surface area contributed by atoms with E-state index in [1.54, 1.807) is 12.3 Å². The number of fused-ring (bicyclic) bond motifs is 1. The highest BCUT2D eigenvalue weighted by Crippen LogP contribution is 2.34. The molecule has 0 aliphatic rings. The number of benzene rings is 2. The summed E-state index contributed by atoms with van der Waals surface area (Å²) in [5, 5.41) is 14.7. The zero-order valence-corrected chi connectivity index (χ0v) is 14.5. The van der Waals surface area contributed by atoms with Crippen LogP contribution < -0.4 is 5.32 Å². The molecule has 0 radical (unpaired) electrons. The third kappa shape index (κ3) is 3.18. The highest BCUT2D eigenvalue weighted by atomic mass is 16.3. The van der Waals surface area contributed by atoms with E-state index in [2.05, 4.69) is 36.1 Å². The number of aryl methyl sites for hydroxylation is 1. The molecule has 0 saturated carbocycles. The van der Waals surface area contributed by atoms with Crippen LogP contribution in [0.3, 0.4) is 0 Å². The minimum atomic E-state index is 0.235. The van der Waals surface area contributed by atoms with E-state index >= 15 is 0 Å². The van der Waals surface area contributed by atoms with E-state index in [9.17, 15) is 5.11 Å². The number of rotatable bonds is 4. The van der Waals surface area contributed by atoms with Crippen LogP contribution in [0.15, 0.2) is 42.6 Å². The molecule has 0 aliphatic carbocycles. The second-order valence-electron chi connectivity index (χ2n) is 6.61. The average Bonchev–Trinajstić information content (AvgIpc) is 2.55. The number of aromatic hydroxyl groups is 1. The molecule has 3 aromatic rings. The standard InChI is InChI=1S/C20H23N3O/c1-12(2)14(4)22-20-21-11-15-9-17(19(24)10-18(15)23-20)16-8-6-5-7-13(16)3/h5-12,14,24H,1-4H3,(H,21,22,23)/t14-/m0/s1. The molecule has 1 heterocycles. The third-order valence-corrected chi connectivity index (χ3v) is 4.49. The summed E-state index contributed by atoms with van der Waals surface area (Å²) in [7, 11) is 0. The monoisotopic (exact) mass is 321 g/mol. The first-order chi connectivity index (χ1) is 11.5. The molecule has 0 unspecified atom stereocenters. The minimum Gasteiger partial charge on any atom is -0.507 e. The highest BCUT2D eigenvalue weighted by molar-refractivity contribution is 5.88. The van der Waals surface area contributed by atoms with Gasteiger partial charge in [0.15, 0.2) is 0 Å². The van der Waals surface area contributed by atoms with E-state index in [0.717, 1.165) is 27.6 Å². The fraction of sp³-hybridized carbons (Fsp3) is 0.300. The van der Waals surface area contributed by atoms with Gasteiger partial charge in [-0.15, -0.1) is 0 Å². The van der Waals surface area contributed by atoms with E-state index in [1.807, 2.05) is 37.3 Å². The van der Waals surface area contributed by atoms with Crippen LogP contribution in [0.2, 0.25) is 0 Å². The lowest BCUT2D eigenvalue weighted by Gasteiger charge is -2.17. The maximum atomic E-state index is 10.5. The third-order valence-electron chi connectivity index (χ3n) is 4.49. The quantitative estimate of drug-likeness (QED) is 0.727. The van der Waals surface area contributed by atoms with Crippen LogP contribution in [0, 0.1) is 12.8 Å². The molecule has 24 heavy (non-hydrogen) atoms. The molecule has 0 fully saturated rings. The number of phenolic OH excluding ortho intramolecular Hbond substituents is 1. The van der Waals surface area contributed by atoms with Crippen LogP contribution in [0.4, 0.5) is 5.95 Å². The minimum absolute atomic E-state index is 0.235. The van der Waals surface area contributed by atoms with Gasteiger partial charge in [-0.2, -0.15) is 0 Å². The first-order valence-corrected chi connectivity index (χ1v) is 8.28. The molecule has 2 N–H and O–H groups in total. The summed E-state index contributed by atoms with van der Waals surface area (Å²) in [6, 6.07) is 12.0. The first-order valence-electron chi connectivity index (χ1n) is 8.28. The van der Waals surface area contributed by atoms with Crippen molar-refractivity contribution in [3.05, 3.63) is 48.2 Å². The zero-order valence-electron chi connectivity index (χ0n) is 14.5. The molecular weight excluding hydrogens is 298 g/mol. The number of anilines is 1. The van der Waals surface area contributed by atoms with Crippen LogP contribution in [0.5, 0.6) is 5.75 Å². The van der Waals surface area contributed by atoms with Gasteiger partial charge in [0.1, 0.15) is 5.75 Å². The second kappa shape index (κ2) is 6.48. The summed E-state index contributed by atoms with van der Waals surface area (Å²) in [6.07, 6.45) is 1.80. The Morgan fingerprint density at radius 3 is 2.50 bits per heavy atom. The summed E-state index contributed by atoms with van der Waals surface area (Å²) in [6.45, 7) is 8.45. The number of hydrogen-bond donors (Lipinski definition) is 2. The predicted molar refractivity (Wildman–Crippen MR) is 99.3 cm³/mol. The Hall–Kier alpha value is -2.62. The Morgan fingerprint density at radius 2 is 1.79 bits per heavy atom. The Kier molecular flexibility index (Phi) is 4.38. The molecule has 0 aliphatic heterocycles. The summed E-state index contributed by atoms with van der Waals surface area (Å²) < 4.78 is 0. The number of hydrogen-bond acceptors (Lipinski definition) is 4. The van der Waals surface area contributed by atoms with Gasteiger partial charge in [0.05, 0.1) is 5.52 Å². The lowest BCUT2D eigenvalue weighted by atomic mass is 9.98. The molecule has 1 atom stereocenters. The molecule has 0 amide bonds. The van der Waals surface area contributed by atoms with Crippen LogP contribution >= 0.6 is 0 Å². The Bertz CT molecular complexity index is 874. The fourth-order valence-electron chi connectivity index (χ4n) is 2.60. The maximum Gasteiger partial charge on any atom is 0.223 e. The van der Waals surface area contributed by atoms with Crippen molar-refractivity contribution in [1.29, 1.82) is 0 Å². The lowest BCUT2D eigenvalue weighted by molar-refractivity contribution is 0.478. The average molecular weight is 321 g/mol. The molecule has 4 heteroatoms. The summed E-state index contributed by atoms with van der Waals surface area (Å²) >= 11 is 0. The van der Waals surface area contributed by atoms with Gasteiger partial charge >= 0.3 is 0 Å². The molecule has 1 aromatic heterocycles. The van der Waals surface area contributed by atoms with Crippen LogP contribution in [0.1, 0.15) is 26.3 Å². The molecule has 4 nitrogen and oxygen atoms in total. The second-order valence-corrected chi connectivity index (χ2v) is 6.61. The first kappa shape index (κ1) is 16.2. The van der Waals surface area contributed by atoms with Gasteiger partial charge in [-0.05, 0) is 37.0 Å². The Balaban J connectivity index is 2.02. The van der Waals surface area contributed by atoms with Crippen molar-refractivity contribution in [3.63, 3.8) is 0 Å². The highest BCUT2D eigenvalue weighted by Gasteiger charge is 2.12. The molecule has 0 saturated heterocycles. The van der Waals surface area contributed by atoms with Gasteiger partial charge in [-0.1, -0.05) is 38.1 Å². The predicted octanol–water partition coefficient (Wildman–Crippen LogP) is 4.77. The van der Waals surface area contributed by atoms with Crippen molar-refractivity contribution in [3.8, 4) is 16.9 Å². The van der Waals surface area contributed by atoms with Gasteiger partial charge in [-0.25, -0.2) is 9.97 Å². The van der Waals surface area contributed by atoms with Gasteiger partial charge in [0.2, 0.25) is 5.95 Å². The van der Waals surface area contributed by atoms with E-state index in [-0.39, 0.29) is 11.8 Å². The largest absolute Gasteiger partial charge is 0.507 e. The topological polar surface area (TPSA) is 58.0 Å². The van der Waals surface area contributed by atoms with Crippen molar-refractivity contribution < 1.29 is 5.11 Å². The smallest absolute Gasteiger partial charge is 0.223 e. The van der Waals surface area contributed by atoms with Gasteiger partial charge < -0.3 is 10.4 Å². The van der Waals surface area contributed by atoms with E-state index < -0.39 is 0 Å². The molecule has 3 rings (SSSR count). The molecule has 2 aromatic carbocycles.